The van der Waals surface area contributed by atoms with Crippen LogP contribution in [0.25, 0.3) is 10.9 Å². The first-order chi connectivity index (χ1) is 7.52. The van der Waals surface area contributed by atoms with Gasteiger partial charge in [0.05, 0.1) is 5.52 Å². The third-order valence-corrected chi connectivity index (χ3v) is 3.04. The van der Waals surface area contributed by atoms with E-state index in [-0.39, 0.29) is 0 Å². The lowest BCUT2D eigenvalue weighted by Gasteiger charge is -2.09. The highest BCUT2D eigenvalue weighted by Crippen LogP contribution is 2.28. The molecule has 2 aromatic rings. The summed E-state index contributed by atoms with van der Waals surface area (Å²) in [5.41, 5.74) is 6.93. The van der Waals surface area contributed by atoms with Crippen molar-refractivity contribution < 1.29 is 9.90 Å². The Labute approximate surface area is 100.0 Å². The standard InChI is InChI=1S/C10H10BrN3O2/c1-14-8-5(7(12)10(15)16)3-2-4-6(8)9(11)13-14/h2-4,7H,12H2,1H3,(H,15,16). The van der Waals surface area contributed by atoms with E-state index in [1.54, 1.807) is 23.9 Å². The number of halogens is 1. The monoisotopic (exact) mass is 283 g/mol. The molecule has 16 heavy (non-hydrogen) atoms. The molecule has 0 saturated heterocycles. The molecule has 0 saturated carbocycles. The van der Waals surface area contributed by atoms with Crippen molar-refractivity contribution in [3.05, 3.63) is 28.4 Å². The van der Waals surface area contributed by atoms with Crippen LogP contribution in [0, 0.1) is 0 Å². The molecule has 5 nitrogen and oxygen atoms in total. The van der Waals surface area contributed by atoms with Gasteiger partial charge in [0, 0.05) is 18.0 Å². The lowest BCUT2D eigenvalue weighted by Crippen LogP contribution is -2.21. The number of fused-ring (bicyclic) bond motifs is 1. The number of carboxylic acid groups (broad SMARTS) is 1. The SMILES string of the molecule is Cn1nc(Br)c2cccc(C(N)C(=O)O)c21. The Bertz CT molecular complexity index is 564. The molecule has 0 bridgehead atoms. The summed E-state index contributed by atoms with van der Waals surface area (Å²) < 4.78 is 2.31. The number of aromatic nitrogens is 2. The predicted molar refractivity (Wildman–Crippen MR) is 63.0 cm³/mol. The molecule has 1 heterocycles. The number of nitrogens with zero attached hydrogens (tertiary/aromatic N) is 2. The average Bonchev–Trinajstić information content (AvgIpc) is 2.54. The predicted octanol–water partition coefficient (Wildman–Crippen LogP) is 1.42. The molecule has 6 heteroatoms. The molecule has 2 rings (SSSR count). The topological polar surface area (TPSA) is 81.1 Å². The van der Waals surface area contributed by atoms with E-state index in [9.17, 15) is 4.79 Å². The van der Waals surface area contributed by atoms with Crippen LogP contribution in [0.2, 0.25) is 0 Å². The lowest BCUT2D eigenvalue weighted by molar-refractivity contribution is -0.138. The number of para-hydroxylation sites is 1. The molecular formula is C10H10BrN3O2. The number of nitrogens with two attached hydrogens (primary N) is 1. The minimum atomic E-state index is -1.05. The van der Waals surface area contributed by atoms with Gasteiger partial charge in [-0.15, -0.1) is 0 Å². The van der Waals surface area contributed by atoms with E-state index in [0.29, 0.717) is 10.2 Å². The molecule has 1 unspecified atom stereocenters. The number of carboxylic acids is 1. The third-order valence-electron chi connectivity index (χ3n) is 2.45. The molecule has 0 fully saturated rings. The van der Waals surface area contributed by atoms with Crippen LogP contribution in [0.15, 0.2) is 22.8 Å². The summed E-state index contributed by atoms with van der Waals surface area (Å²) in [5.74, 6) is -1.05. The van der Waals surface area contributed by atoms with Gasteiger partial charge in [-0.05, 0) is 15.9 Å². The van der Waals surface area contributed by atoms with Crippen LogP contribution >= 0.6 is 15.9 Å². The second-order valence-corrected chi connectivity index (χ2v) is 4.22. The zero-order chi connectivity index (χ0) is 11.9. The Kier molecular flexibility index (Phi) is 2.69. The first-order valence-electron chi connectivity index (χ1n) is 4.62. The maximum atomic E-state index is 10.9. The number of carbonyl (C=O) groups is 1. The molecule has 0 aliphatic rings. The fraction of sp³-hybridized carbons (Fsp3) is 0.200. The Hall–Kier alpha value is -1.40. The fourth-order valence-electron chi connectivity index (χ4n) is 1.71. The lowest BCUT2D eigenvalue weighted by atomic mass is 10.0. The molecule has 84 valence electrons. The molecule has 0 amide bonds. The Morgan fingerprint density at radius 3 is 2.94 bits per heavy atom. The first-order valence-corrected chi connectivity index (χ1v) is 5.41. The quantitative estimate of drug-likeness (QED) is 0.873. The van der Waals surface area contributed by atoms with E-state index in [2.05, 4.69) is 21.0 Å². The summed E-state index contributed by atoms with van der Waals surface area (Å²) in [6.45, 7) is 0. The molecule has 3 N–H and O–H groups in total. The van der Waals surface area contributed by atoms with Crippen molar-refractivity contribution in [2.24, 2.45) is 12.8 Å². The van der Waals surface area contributed by atoms with Gasteiger partial charge in [-0.25, -0.2) is 0 Å². The van der Waals surface area contributed by atoms with E-state index in [4.69, 9.17) is 10.8 Å². The highest BCUT2D eigenvalue weighted by atomic mass is 79.9. The van der Waals surface area contributed by atoms with Crippen molar-refractivity contribution >= 4 is 32.8 Å². The minimum Gasteiger partial charge on any atom is -0.480 e. The number of aliphatic carboxylic acids is 1. The number of benzene rings is 1. The van der Waals surface area contributed by atoms with Gasteiger partial charge in [0.2, 0.25) is 0 Å². The molecule has 1 aromatic carbocycles. The van der Waals surface area contributed by atoms with Crippen LogP contribution in [0.1, 0.15) is 11.6 Å². The van der Waals surface area contributed by atoms with E-state index in [0.717, 1.165) is 10.9 Å². The first kappa shape index (κ1) is 11.1. The van der Waals surface area contributed by atoms with Crippen molar-refractivity contribution in [1.82, 2.24) is 9.78 Å². The summed E-state index contributed by atoms with van der Waals surface area (Å²) in [6, 6.07) is 4.30. The van der Waals surface area contributed by atoms with Crippen molar-refractivity contribution in [3.8, 4) is 0 Å². The van der Waals surface area contributed by atoms with Crippen LogP contribution in [-0.2, 0) is 11.8 Å². The molecular weight excluding hydrogens is 274 g/mol. The highest BCUT2D eigenvalue weighted by molar-refractivity contribution is 9.10. The van der Waals surface area contributed by atoms with Gasteiger partial charge >= 0.3 is 5.97 Å². The van der Waals surface area contributed by atoms with Gasteiger partial charge in [-0.3, -0.25) is 9.48 Å². The zero-order valence-electron chi connectivity index (χ0n) is 8.51. The molecule has 1 aromatic heterocycles. The Morgan fingerprint density at radius 1 is 1.62 bits per heavy atom. The normalized spacial score (nSPS) is 12.9. The second-order valence-electron chi connectivity index (χ2n) is 3.47. The molecule has 0 radical (unpaired) electrons. The summed E-state index contributed by atoms with van der Waals surface area (Å²) in [5, 5.41) is 14.0. The van der Waals surface area contributed by atoms with Gasteiger partial charge < -0.3 is 10.8 Å². The van der Waals surface area contributed by atoms with Crippen molar-refractivity contribution in [2.45, 2.75) is 6.04 Å². The summed E-state index contributed by atoms with van der Waals surface area (Å²) in [4.78, 5) is 10.9. The molecule has 1 atom stereocenters. The summed E-state index contributed by atoms with van der Waals surface area (Å²) in [6.07, 6.45) is 0. The van der Waals surface area contributed by atoms with Crippen molar-refractivity contribution in [2.75, 3.05) is 0 Å². The van der Waals surface area contributed by atoms with E-state index in [1.807, 2.05) is 6.07 Å². The largest absolute Gasteiger partial charge is 0.480 e. The van der Waals surface area contributed by atoms with E-state index < -0.39 is 12.0 Å². The Balaban J connectivity index is 2.75. The summed E-state index contributed by atoms with van der Waals surface area (Å²) in [7, 11) is 1.76. The maximum Gasteiger partial charge on any atom is 0.325 e. The number of hydrogen-bond donors (Lipinski definition) is 2. The maximum absolute atomic E-state index is 10.9. The van der Waals surface area contributed by atoms with Gasteiger partial charge in [0.15, 0.2) is 0 Å². The van der Waals surface area contributed by atoms with Crippen LogP contribution in [0.3, 0.4) is 0 Å². The average molecular weight is 284 g/mol. The number of hydrogen-bond acceptors (Lipinski definition) is 3. The van der Waals surface area contributed by atoms with Crippen LogP contribution < -0.4 is 5.73 Å². The highest BCUT2D eigenvalue weighted by Gasteiger charge is 2.20. The van der Waals surface area contributed by atoms with Crippen LogP contribution in [-0.4, -0.2) is 20.9 Å². The van der Waals surface area contributed by atoms with Crippen molar-refractivity contribution in [3.63, 3.8) is 0 Å². The van der Waals surface area contributed by atoms with Crippen molar-refractivity contribution in [1.29, 1.82) is 0 Å². The molecule has 0 spiro atoms. The number of aryl methyl sites for hydroxylation is 1. The summed E-state index contributed by atoms with van der Waals surface area (Å²) >= 11 is 3.32. The van der Waals surface area contributed by atoms with E-state index >= 15 is 0 Å². The Morgan fingerprint density at radius 2 is 2.31 bits per heavy atom. The minimum absolute atomic E-state index is 0.561. The van der Waals surface area contributed by atoms with Gasteiger partial charge in [0.25, 0.3) is 0 Å². The second kappa shape index (κ2) is 3.88. The van der Waals surface area contributed by atoms with Crippen LogP contribution in [0.5, 0.6) is 0 Å². The zero-order valence-corrected chi connectivity index (χ0v) is 10.1. The third kappa shape index (κ3) is 1.60. The molecule has 0 aliphatic carbocycles. The fourth-order valence-corrected chi connectivity index (χ4v) is 2.27. The molecule has 0 aliphatic heterocycles. The van der Waals surface area contributed by atoms with E-state index in [1.165, 1.54) is 0 Å². The van der Waals surface area contributed by atoms with Gasteiger partial charge in [-0.1, -0.05) is 18.2 Å². The van der Waals surface area contributed by atoms with Gasteiger partial charge in [0.1, 0.15) is 10.6 Å². The number of rotatable bonds is 2. The smallest absolute Gasteiger partial charge is 0.325 e. The van der Waals surface area contributed by atoms with Gasteiger partial charge in [-0.2, -0.15) is 5.10 Å². The van der Waals surface area contributed by atoms with Crippen LogP contribution in [0.4, 0.5) is 0 Å².